The Hall–Kier alpha value is -0.550. The lowest BCUT2D eigenvalue weighted by Crippen LogP contribution is -2.39. The first-order chi connectivity index (χ1) is 9.62. The van der Waals surface area contributed by atoms with Gasteiger partial charge in [0.05, 0.1) is 6.26 Å². The average molecular weight is 351 g/mol. The third-order valence-corrected chi connectivity index (χ3v) is 7.61. The van der Waals surface area contributed by atoms with Crippen molar-refractivity contribution < 1.29 is 12.9 Å². The van der Waals surface area contributed by atoms with E-state index in [2.05, 4.69) is 4.67 Å². The lowest BCUT2D eigenvalue weighted by molar-refractivity contribution is 0.302. The van der Waals surface area contributed by atoms with Gasteiger partial charge >= 0.3 is 0 Å². The summed E-state index contributed by atoms with van der Waals surface area (Å²) in [5, 5.41) is 0.489. The van der Waals surface area contributed by atoms with Gasteiger partial charge in [0.15, 0.2) is 5.75 Å². The molecule has 0 spiro atoms. The third kappa shape index (κ3) is 3.29. The molecular weight excluding hydrogens is 331 g/mol. The van der Waals surface area contributed by atoms with E-state index in [-0.39, 0.29) is 12.1 Å². The SMILES string of the molecule is CC(C)N(C(C)C)P1Oc2ccc(Cl)cc2N1S(C)(=O)=O. The molecule has 1 atom stereocenters. The number of fused-ring (bicyclic) bond motifs is 1. The van der Waals surface area contributed by atoms with E-state index in [1.165, 1.54) is 10.3 Å². The number of sulfonamides is 1. The highest BCUT2D eigenvalue weighted by Gasteiger charge is 2.44. The Morgan fingerprint density at radius 3 is 2.29 bits per heavy atom. The molecule has 0 aromatic heterocycles. The van der Waals surface area contributed by atoms with Crippen molar-refractivity contribution in [3.05, 3.63) is 23.2 Å². The second-order valence-electron chi connectivity index (χ2n) is 5.53. The fourth-order valence-corrected chi connectivity index (χ4v) is 6.22. The Labute approximate surface area is 132 Å². The smallest absolute Gasteiger partial charge is 0.294 e. The first-order valence-corrected chi connectivity index (χ1v) is 10.1. The van der Waals surface area contributed by atoms with Crippen molar-refractivity contribution in [1.82, 2.24) is 4.67 Å². The van der Waals surface area contributed by atoms with E-state index in [0.29, 0.717) is 16.5 Å². The van der Waals surface area contributed by atoms with Gasteiger partial charge in [0, 0.05) is 17.1 Å². The molecule has 1 unspecified atom stereocenters. The van der Waals surface area contributed by atoms with Crippen LogP contribution in [-0.2, 0) is 10.0 Å². The van der Waals surface area contributed by atoms with Gasteiger partial charge in [-0.15, -0.1) is 0 Å². The zero-order valence-electron chi connectivity index (χ0n) is 12.7. The van der Waals surface area contributed by atoms with Crippen LogP contribution in [0.15, 0.2) is 18.2 Å². The molecule has 1 aliphatic heterocycles. The molecule has 1 aromatic carbocycles. The molecule has 0 fully saturated rings. The summed E-state index contributed by atoms with van der Waals surface area (Å²) in [7, 11) is -4.92. The summed E-state index contributed by atoms with van der Waals surface area (Å²) in [5.41, 5.74) is 0.516. The standard InChI is InChI=1S/C13H20ClN2O3PS/c1-9(2)15(10(3)4)20-16(21(5,17)18)12-8-11(14)6-7-13(12)19-20/h6-10H,1-5H3. The molecule has 8 heteroatoms. The first-order valence-electron chi connectivity index (χ1n) is 6.69. The molecule has 118 valence electrons. The van der Waals surface area contributed by atoms with Crippen LogP contribution in [0.5, 0.6) is 5.75 Å². The molecule has 5 nitrogen and oxygen atoms in total. The number of benzene rings is 1. The number of hydrogen-bond acceptors (Lipinski definition) is 4. The molecule has 0 saturated heterocycles. The van der Waals surface area contributed by atoms with E-state index in [0.717, 1.165) is 0 Å². The number of hydrogen-bond donors (Lipinski definition) is 0. The highest BCUT2D eigenvalue weighted by molar-refractivity contribution is 7.98. The van der Waals surface area contributed by atoms with Gasteiger partial charge < -0.3 is 4.52 Å². The third-order valence-electron chi connectivity index (χ3n) is 3.03. The molecular formula is C13H20ClN2O3PS. The first kappa shape index (κ1) is 16.8. The molecule has 0 N–H and O–H groups in total. The minimum atomic E-state index is -3.46. The second kappa shape index (κ2) is 5.92. The second-order valence-corrected chi connectivity index (χ2v) is 9.62. The lowest BCUT2D eigenvalue weighted by Gasteiger charge is -2.36. The highest BCUT2D eigenvalue weighted by Crippen LogP contribution is 2.60. The lowest BCUT2D eigenvalue weighted by atomic mass is 10.3. The molecule has 0 radical (unpaired) electrons. The summed E-state index contributed by atoms with van der Waals surface area (Å²) in [6.45, 7) is 8.12. The molecule has 0 amide bonds. The average Bonchev–Trinajstić information content (AvgIpc) is 2.65. The van der Waals surface area contributed by atoms with Gasteiger partial charge in [0.25, 0.3) is 8.45 Å². The molecule has 0 saturated carbocycles. The van der Waals surface area contributed by atoms with E-state index in [4.69, 9.17) is 16.1 Å². The monoisotopic (exact) mass is 350 g/mol. The Morgan fingerprint density at radius 2 is 1.81 bits per heavy atom. The van der Waals surface area contributed by atoms with Crippen LogP contribution in [0.4, 0.5) is 5.69 Å². The van der Waals surface area contributed by atoms with Gasteiger partial charge in [-0.05, 0) is 45.9 Å². The van der Waals surface area contributed by atoms with Crippen LogP contribution in [0, 0.1) is 0 Å². The number of halogens is 1. The van der Waals surface area contributed by atoms with Crippen molar-refractivity contribution >= 4 is 35.8 Å². The normalized spacial score (nSPS) is 18.5. The van der Waals surface area contributed by atoms with Gasteiger partial charge in [0.2, 0.25) is 10.0 Å². The van der Waals surface area contributed by atoms with E-state index in [1.54, 1.807) is 18.2 Å². The summed E-state index contributed by atoms with van der Waals surface area (Å²) >= 11 is 6.01. The van der Waals surface area contributed by atoms with Crippen LogP contribution in [0.25, 0.3) is 0 Å². The zero-order valence-corrected chi connectivity index (χ0v) is 15.2. The van der Waals surface area contributed by atoms with E-state index in [9.17, 15) is 8.42 Å². The van der Waals surface area contributed by atoms with Gasteiger partial charge in [-0.2, -0.15) is 4.08 Å². The Balaban J connectivity index is 2.54. The molecule has 1 aliphatic rings. The van der Waals surface area contributed by atoms with Crippen molar-refractivity contribution in [1.29, 1.82) is 0 Å². The number of nitrogens with zero attached hydrogens (tertiary/aromatic N) is 2. The molecule has 21 heavy (non-hydrogen) atoms. The Morgan fingerprint density at radius 1 is 1.24 bits per heavy atom. The van der Waals surface area contributed by atoms with Crippen molar-refractivity contribution in [3.63, 3.8) is 0 Å². The van der Waals surface area contributed by atoms with Gasteiger partial charge in [-0.25, -0.2) is 13.1 Å². The summed E-state index contributed by atoms with van der Waals surface area (Å²) in [6.07, 6.45) is 1.19. The number of rotatable bonds is 4. The van der Waals surface area contributed by atoms with Crippen molar-refractivity contribution in [2.75, 3.05) is 10.3 Å². The van der Waals surface area contributed by atoms with Crippen molar-refractivity contribution in [3.8, 4) is 5.75 Å². The van der Waals surface area contributed by atoms with Crippen LogP contribution >= 0.6 is 20.1 Å². The number of anilines is 1. The predicted octanol–water partition coefficient (Wildman–Crippen LogP) is 3.84. The predicted molar refractivity (Wildman–Crippen MR) is 88.4 cm³/mol. The molecule has 1 aromatic rings. The van der Waals surface area contributed by atoms with Crippen LogP contribution < -0.4 is 8.60 Å². The molecule has 2 rings (SSSR count). The summed E-state index contributed by atoms with van der Waals surface area (Å²) < 4.78 is 33.9. The van der Waals surface area contributed by atoms with Gasteiger partial charge in [-0.3, -0.25) is 0 Å². The van der Waals surface area contributed by atoms with Gasteiger partial charge in [-0.1, -0.05) is 11.6 Å². The van der Waals surface area contributed by atoms with E-state index < -0.39 is 18.5 Å². The maximum Gasteiger partial charge on any atom is 0.294 e. The van der Waals surface area contributed by atoms with E-state index >= 15 is 0 Å². The van der Waals surface area contributed by atoms with Crippen LogP contribution in [0.2, 0.25) is 5.02 Å². The fourth-order valence-electron chi connectivity index (χ4n) is 2.37. The molecule has 0 bridgehead atoms. The van der Waals surface area contributed by atoms with Crippen LogP contribution in [0.3, 0.4) is 0 Å². The minimum Gasteiger partial charge on any atom is -0.438 e. The van der Waals surface area contributed by atoms with E-state index in [1.807, 2.05) is 27.7 Å². The largest absolute Gasteiger partial charge is 0.438 e. The van der Waals surface area contributed by atoms with Crippen LogP contribution in [0.1, 0.15) is 27.7 Å². The summed E-state index contributed by atoms with van der Waals surface area (Å²) in [5.74, 6) is 0.558. The maximum atomic E-state index is 12.3. The minimum absolute atomic E-state index is 0.158. The van der Waals surface area contributed by atoms with Gasteiger partial charge in [0.1, 0.15) is 5.69 Å². The quantitative estimate of drug-likeness (QED) is 0.774. The van der Waals surface area contributed by atoms with Crippen LogP contribution in [-0.4, -0.2) is 31.4 Å². The highest BCUT2D eigenvalue weighted by atomic mass is 35.5. The molecule has 1 heterocycles. The zero-order chi connectivity index (χ0) is 15.9. The van der Waals surface area contributed by atoms with Crippen molar-refractivity contribution in [2.45, 2.75) is 39.8 Å². The Bertz CT molecular complexity index is 628. The summed E-state index contributed by atoms with van der Waals surface area (Å²) in [4.78, 5) is 0. The Kier molecular flexibility index (Phi) is 4.74. The van der Waals surface area contributed by atoms with Crippen molar-refractivity contribution in [2.24, 2.45) is 0 Å². The maximum absolute atomic E-state index is 12.3. The topological polar surface area (TPSA) is 49.9 Å². The summed E-state index contributed by atoms with van der Waals surface area (Å²) in [6, 6.07) is 5.38. The fraction of sp³-hybridized carbons (Fsp3) is 0.538. The molecule has 0 aliphatic carbocycles.